The molecule has 0 aliphatic carbocycles. The lowest BCUT2D eigenvalue weighted by atomic mass is 10.1. The van der Waals surface area contributed by atoms with Crippen molar-refractivity contribution in [3.05, 3.63) is 29.3 Å². The van der Waals surface area contributed by atoms with E-state index in [-0.39, 0.29) is 0 Å². The molecule has 136 valence electrons. The highest BCUT2D eigenvalue weighted by atomic mass is 16.5. The predicted molar refractivity (Wildman–Crippen MR) is 96.8 cm³/mol. The van der Waals surface area contributed by atoms with E-state index in [0.29, 0.717) is 19.2 Å². The fourth-order valence-corrected chi connectivity index (χ4v) is 3.29. The van der Waals surface area contributed by atoms with Crippen LogP contribution >= 0.6 is 0 Å². The Labute approximate surface area is 146 Å². The van der Waals surface area contributed by atoms with Crippen molar-refractivity contribution in [3.63, 3.8) is 0 Å². The third kappa shape index (κ3) is 5.45. The second-order valence-electron chi connectivity index (χ2n) is 6.83. The first kappa shape index (κ1) is 19.2. The number of hydrogen-bond acceptors (Lipinski definition) is 5. The summed E-state index contributed by atoms with van der Waals surface area (Å²) in [5.41, 5.74) is 2.23. The molecule has 1 aliphatic rings. The fourth-order valence-electron chi connectivity index (χ4n) is 3.29. The molecule has 0 amide bonds. The Morgan fingerprint density at radius 1 is 1.08 bits per heavy atom. The smallest absolute Gasteiger partial charge is 0.125 e. The molecule has 0 saturated carbocycles. The van der Waals surface area contributed by atoms with E-state index >= 15 is 0 Å². The Balaban J connectivity index is 1.73. The number of benzene rings is 1. The molecule has 0 spiro atoms. The van der Waals surface area contributed by atoms with Crippen molar-refractivity contribution in [2.45, 2.75) is 32.9 Å². The minimum Gasteiger partial charge on any atom is -0.490 e. The van der Waals surface area contributed by atoms with Crippen molar-refractivity contribution >= 4 is 0 Å². The van der Waals surface area contributed by atoms with Crippen molar-refractivity contribution in [3.8, 4) is 5.75 Å². The average molecular weight is 336 g/mol. The van der Waals surface area contributed by atoms with Gasteiger partial charge in [0.15, 0.2) is 0 Å². The number of para-hydroxylation sites is 1. The molecule has 1 fully saturated rings. The van der Waals surface area contributed by atoms with Crippen LogP contribution in [0.1, 0.15) is 18.1 Å². The van der Waals surface area contributed by atoms with Gasteiger partial charge in [-0.25, -0.2) is 0 Å². The minimum atomic E-state index is -0.466. The van der Waals surface area contributed by atoms with E-state index in [1.165, 1.54) is 0 Å². The molecule has 5 nitrogen and oxygen atoms in total. The van der Waals surface area contributed by atoms with Crippen LogP contribution in [0.2, 0.25) is 0 Å². The zero-order valence-corrected chi connectivity index (χ0v) is 15.5. The number of ether oxygens (including phenoxy) is 2. The van der Waals surface area contributed by atoms with Gasteiger partial charge in [-0.05, 0) is 31.9 Å². The average Bonchev–Trinajstić information content (AvgIpc) is 2.55. The lowest BCUT2D eigenvalue weighted by Gasteiger charge is -2.38. The number of hydrogen-bond donors (Lipinski definition) is 1. The topological polar surface area (TPSA) is 45.2 Å². The monoisotopic (exact) mass is 336 g/mol. The minimum absolute atomic E-state index is 0.339. The summed E-state index contributed by atoms with van der Waals surface area (Å²) in [5, 5.41) is 10.3. The van der Waals surface area contributed by atoms with Crippen molar-refractivity contribution in [2.24, 2.45) is 0 Å². The van der Waals surface area contributed by atoms with Gasteiger partial charge in [0, 0.05) is 45.9 Å². The molecule has 1 aromatic carbocycles. The SMILES string of the molecule is COCC(C)N1CCN(CC(O)COc2c(C)cccc2C)CC1. The normalized spacial score (nSPS) is 19.2. The highest BCUT2D eigenvalue weighted by Crippen LogP contribution is 2.22. The maximum atomic E-state index is 10.3. The zero-order chi connectivity index (χ0) is 17.5. The molecule has 1 N–H and O–H groups in total. The van der Waals surface area contributed by atoms with Crippen LogP contribution in [-0.4, -0.2) is 80.1 Å². The van der Waals surface area contributed by atoms with Gasteiger partial charge in [-0.3, -0.25) is 9.80 Å². The van der Waals surface area contributed by atoms with Crippen LogP contribution < -0.4 is 4.74 Å². The number of piperazine rings is 1. The second-order valence-corrected chi connectivity index (χ2v) is 6.83. The van der Waals surface area contributed by atoms with Gasteiger partial charge >= 0.3 is 0 Å². The van der Waals surface area contributed by atoms with Crippen LogP contribution in [0.5, 0.6) is 5.75 Å². The summed E-state index contributed by atoms with van der Waals surface area (Å²) < 4.78 is 11.1. The Morgan fingerprint density at radius 3 is 2.29 bits per heavy atom. The van der Waals surface area contributed by atoms with E-state index < -0.39 is 6.10 Å². The molecule has 2 unspecified atom stereocenters. The van der Waals surface area contributed by atoms with Gasteiger partial charge in [0.2, 0.25) is 0 Å². The number of aliphatic hydroxyl groups is 1. The number of methoxy groups -OCH3 is 1. The van der Waals surface area contributed by atoms with E-state index in [0.717, 1.165) is 49.7 Å². The maximum Gasteiger partial charge on any atom is 0.125 e. The Kier molecular flexibility index (Phi) is 7.49. The summed E-state index contributed by atoms with van der Waals surface area (Å²) in [6, 6.07) is 6.55. The number of rotatable bonds is 8. The fraction of sp³-hybridized carbons (Fsp3) is 0.684. The van der Waals surface area contributed by atoms with Crippen LogP contribution in [0.15, 0.2) is 18.2 Å². The van der Waals surface area contributed by atoms with E-state index in [1.54, 1.807) is 7.11 Å². The molecule has 1 aromatic rings. The maximum absolute atomic E-state index is 10.3. The predicted octanol–water partition coefficient (Wildman–Crippen LogP) is 1.70. The highest BCUT2D eigenvalue weighted by molar-refractivity contribution is 5.39. The van der Waals surface area contributed by atoms with Crippen LogP contribution in [0.3, 0.4) is 0 Å². The molecule has 5 heteroatoms. The molecule has 1 saturated heterocycles. The molecular formula is C19H32N2O3. The van der Waals surface area contributed by atoms with Crippen molar-refractivity contribution in [1.82, 2.24) is 9.80 Å². The standard InChI is InChI=1S/C19H32N2O3/c1-15-6-5-7-16(2)19(15)24-14-18(22)12-20-8-10-21(11-9-20)17(3)13-23-4/h5-7,17-18,22H,8-14H2,1-4H3. The lowest BCUT2D eigenvalue weighted by molar-refractivity contribution is 0.0249. The molecule has 2 rings (SSSR count). The first-order chi connectivity index (χ1) is 11.5. The van der Waals surface area contributed by atoms with Gasteiger partial charge in [-0.1, -0.05) is 18.2 Å². The van der Waals surface area contributed by atoms with Gasteiger partial charge < -0.3 is 14.6 Å². The molecule has 24 heavy (non-hydrogen) atoms. The Hall–Kier alpha value is -1.14. The Morgan fingerprint density at radius 2 is 1.71 bits per heavy atom. The van der Waals surface area contributed by atoms with Gasteiger partial charge in [0.25, 0.3) is 0 Å². The zero-order valence-electron chi connectivity index (χ0n) is 15.5. The molecule has 1 aliphatic heterocycles. The lowest BCUT2D eigenvalue weighted by Crippen LogP contribution is -2.52. The van der Waals surface area contributed by atoms with Crippen LogP contribution in [0, 0.1) is 13.8 Å². The van der Waals surface area contributed by atoms with Crippen LogP contribution in [0.25, 0.3) is 0 Å². The first-order valence-electron chi connectivity index (χ1n) is 8.83. The molecule has 0 aromatic heterocycles. The number of aliphatic hydroxyl groups excluding tert-OH is 1. The van der Waals surface area contributed by atoms with E-state index in [1.807, 2.05) is 32.0 Å². The summed E-state index contributed by atoms with van der Waals surface area (Å²) in [7, 11) is 1.75. The van der Waals surface area contributed by atoms with Gasteiger partial charge in [-0.2, -0.15) is 0 Å². The van der Waals surface area contributed by atoms with E-state index in [2.05, 4.69) is 16.7 Å². The summed E-state index contributed by atoms with van der Waals surface area (Å²) in [6.45, 7) is 12.1. The summed E-state index contributed by atoms with van der Waals surface area (Å²) >= 11 is 0. The molecule has 2 atom stereocenters. The summed E-state index contributed by atoms with van der Waals surface area (Å²) in [5.74, 6) is 0.898. The summed E-state index contributed by atoms with van der Waals surface area (Å²) in [6.07, 6.45) is -0.466. The van der Waals surface area contributed by atoms with E-state index in [9.17, 15) is 5.11 Å². The highest BCUT2D eigenvalue weighted by Gasteiger charge is 2.22. The third-order valence-corrected chi connectivity index (χ3v) is 4.74. The van der Waals surface area contributed by atoms with E-state index in [4.69, 9.17) is 9.47 Å². The van der Waals surface area contributed by atoms with Crippen molar-refractivity contribution < 1.29 is 14.6 Å². The van der Waals surface area contributed by atoms with Crippen LogP contribution in [0.4, 0.5) is 0 Å². The number of nitrogens with zero attached hydrogens (tertiary/aromatic N) is 2. The van der Waals surface area contributed by atoms with Crippen molar-refractivity contribution in [2.75, 3.05) is 53.0 Å². The molecular weight excluding hydrogens is 304 g/mol. The van der Waals surface area contributed by atoms with Crippen molar-refractivity contribution in [1.29, 1.82) is 0 Å². The van der Waals surface area contributed by atoms with Gasteiger partial charge in [0.1, 0.15) is 18.5 Å². The number of β-amino-alcohol motifs (C(OH)–C–C–N with tert-alkyl or cyclic N) is 1. The molecule has 0 radical (unpaired) electrons. The quantitative estimate of drug-likeness (QED) is 0.783. The third-order valence-electron chi connectivity index (χ3n) is 4.74. The van der Waals surface area contributed by atoms with Crippen LogP contribution in [-0.2, 0) is 4.74 Å². The molecule has 0 bridgehead atoms. The van der Waals surface area contributed by atoms with Gasteiger partial charge in [0.05, 0.1) is 6.61 Å². The van der Waals surface area contributed by atoms with Gasteiger partial charge in [-0.15, -0.1) is 0 Å². The number of aryl methyl sites for hydroxylation is 2. The first-order valence-corrected chi connectivity index (χ1v) is 8.83. The summed E-state index contributed by atoms with van der Waals surface area (Å²) in [4.78, 5) is 4.76. The second kappa shape index (κ2) is 9.37. The molecule has 1 heterocycles. The largest absolute Gasteiger partial charge is 0.490 e. The Bertz CT molecular complexity index is 481.